The number of benzene rings is 1. The number of unbranched alkanes of at least 4 members (excludes halogenated alkanes) is 1. The van der Waals surface area contributed by atoms with Crippen LogP contribution in [0.5, 0.6) is 0 Å². The van der Waals surface area contributed by atoms with Crippen LogP contribution in [0.15, 0.2) is 35.6 Å². The van der Waals surface area contributed by atoms with Crippen LogP contribution in [-0.4, -0.2) is 46.9 Å². The fourth-order valence-corrected chi connectivity index (χ4v) is 1.69. The molecule has 0 aromatic heterocycles. The predicted molar refractivity (Wildman–Crippen MR) is 82.6 cm³/mol. The third-order valence-electron chi connectivity index (χ3n) is 2.96. The summed E-state index contributed by atoms with van der Waals surface area (Å²) >= 11 is 0. The Labute approximate surface area is 139 Å². The van der Waals surface area contributed by atoms with Crippen molar-refractivity contribution in [3.8, 4) is 0 Å². The normalized spacial score (nSPS) is 12.3. The number of hydrogen-bond acceptors (Lipinski definition) is 6. The molecule has 0 aliphatic heterocycles. The van der Waals surface area contributed by atoms with E-state index in [1.807, 2.05) is 0 Å². The number of aliphatic carboxylic acids is 1. The lowest BCUT2D eigenvalue weighted by atomic mass is 10.2. The average molecular weight is 339 g/mol. The Morgan fingerprint density at radius 1 is 1.33 bits per heavy atom. The minimum Gasteiger partial charge on any atom is -0.569 e. The molecule has 132 valence electrons. The first-order valence-electron chi connectivity index (χ1n) is 7.43. The van der Waals surface area contributed by atoms with Crippen molar-refractivity contribution in [1.29, 1.82) is 0 Å². The number of ether oxygens (including phenoxy) is 1. The lowest BCUT2D eigenvalue weighted by Crippen LogP contribution is -2.28. The van der Waals surface area contributed by atoms with Crippen molar-refractivity contribution < 1.29 is 29.2 Å². The average Bonchev–Trinajstić information content (AvgIpc) is 2.56. The number of carboxylic acids is 1. The summed E-state index contributed by atoms with van der Waals surface area (Å²) in [5.74, 6) is -1.46. The van der Waals surface area contributed by atoms with Crippen molar-refractivity contribution in [2.24, 2.45) is 5.28 Å². The molecule has 24 heavy (non-hydrogen) atoms. The molecule has 0 saturated heterocycles. The van der Waals surface area contributed by atoms with Crippen molar-refractivity contribution in [3.05, 3.63) is 41.1 Å². The largest absolute Gasteiger partial charge is 0.569 e. The Kier molecular flexibility index (Phi) is 8.03. The van der Waals surface area contributed by atoms with Gasteiger partial charge in [-0.15, -0.1) is 5.01 Å². The minimum absolute atomic E-state index is 0.0484. The van der Waals surface area contributed by atoms with Crippen molar-refractivity contribution in [2.75, 3.05) is 13.6 Å². The van der Waals surface area contributed by atoms with Crippen LogP contribution in [0.1, 0.15) is 36.5 Å². The molecular formula is C15H21N3O6. The maximum absolute atomic E-state index is 11.8. The number of hydrazine groups is 1. The summed E-state index contributed by atoms with van der Waals surface area (Å²) in [5.41, 5.74) is 0.363. The third-order valence-corrected chi connectivity index (χ3v) is 2.96. The molecule has 0 fully saturated rings. The summed E-state index contributed by atoms with van der Waals surface area (Å²) in [6.45, 7) is 1.76. The Bertz CT molecular complexity index is 564. The number of carboxylic acid groups (broad SMARTS) is 1. The molecule has 0 radical (unpaired) electrons. The van der Waals surface area contributed by atoms with Gasteiger partial charge in [0.2, 0.25) is 5.28 Å². The molecule has 0 spiro atoms. The van der Waals surface area contributed by atoms with Gasteiger partial charge < -0.3 is 15.1 Å². The standard InChI is InChI=1S/C15H21N3O6/c1-12(23-15(21)13-8-4-3-5-9-13)24-16-18(22)17(2)11-7-6-10-14(19)20/h3-5,8-9,12H,6-7,10-11H2,1-2H3,(H,19,20)/b18-16+. The van der Waals surface area contributed by atoms with Crippen LogP contribution >= 0.6 is 0 Å². The predicted octanol–water partition coefficient (Wildman–Crippen LogP) is 2.19. The molecule has 1 aromatic carbocycles. The first kappa shape index (κ1) is 19.2. The van der Waals surface area contributed by atoms with Crippen LogP contribution in [0, 0.1) is 5.21 Å². The molecule has 0 heterocycles. The molecular weight excluding hydrogens is 318 g/mol. The second-order valence-electron chi connectivity index (χ2n) is 5.01. The molecule has 0 amide bonds. The number of rotatable bonds is 10. The Balaban J connectivity index is 2.35. The fraction of sp³-hybridized carbons (Fsp3) is 0.467. The van der Waals surface area contributed by atoms with Gasteiger partial charge in [0.1, 0.15) is 0 Å². The number of hydrogen-bond donors (Lipinski definition) is 1. The Morgan fingerprint density at radius 3 is 2.62 bits per heavy atom. The molecule has 0 aliphatic rings. The summed E-state index contributed by atoms with van der Waals surface area (Å²) in [6.07, 6.45) is -0.00317. The highest BCUT2D eigenvalue weighted by Gasteiger charge is 2.14. The van der Waals surface area contributed by atoms with Gasteiger partial charge in [0.25, 0.3) is 6.29 Å². The molecule has 9 nitrogen and oxygen atoms in total. The number of carbonyl (C=O) groups excluding carboxylic acids is 1. The summed E-state index contributed by atoms with van der Waals surface area (Å²) in [4.78, 5) is 27.2. The van der Waals surface area contributed by atoms with Crippen LogP contribution in [0.25, 0.3) is 0 Å². The molecule has 1 unspecified atom stereocenters. The van der Waals surface area contributed by atoms with Gasteiger partial charge in [0.05, 0.1) is 24.1 Å². The molecule has 1 N–H and O–H groups in total. The van der Waals surface area contributed by atoms with Gasteiger partial charge in [0.15, 0.2) is 0 Å². The van der Waals surface area contributed by atoms with Crippen molar-refractivity contribution >= 4 is 11.9 Å². The fourth-order valence-electron chi connectivity index (χ4n) is 1.69. The zero-order valence-corrected chi connectivity index (χ0v) is 13.6. The zero-order chi connectivity index (χ0) is 17.9. The molecule has 0 bridgehead atoms. The van der Waals surface area contributed by atoms with Gasteiger partial charge in [-0.3, -0.25) is 9.63 Å². The van der Waals surface area contributed by atoms with Gasteiger partial charge >= 0.3 is 11.9 Å². The first-order chi connectivity index (χ1) is 11.4. The van der Waals surface area contributed by atoms with E-state index in [2.05, 4.69) is 5.28 Å². The van der Waals surface area contributed by atoms with Crippen LogP contribution in [0.3, 0.4) is 0 Å². The van der Waals surface area contributed by atoms with E-state index in [1.165, 1.54) is 19.0 Å². The van der Waals surface area contributed by atoms with E-state index in [-0.39, 0.29) is 11.4 Å². The van der Waals surface area contributed by atoms with Crippen LogP contribution in [0.4, 0.5) is 0 Å². The quantitative estimate of drug-likeness (QED) is 0.173. The van der Waals surface area contributed by atoms with E-state index in [4.69, 9.17) is 14.7 Å². The van der Waals surface area contributed by atoms with Gasteiger partial charge in [-0.1, -0.05) is 18.2 Å². The first-order valence-corrected chi connectivity index (χ1v) is 7.43. The van der Waals surface area contributed by atoms with Crippen molar-refractivity contribution in [2.45, 2.75) is 32.5 Å². The SMILES string of the molecule is CC(O/N=[N+](/[O-])N(C)CCCCC(=O)O)OC(=O)c1ccccc1. The summed E-state index contributed by atoms with van der Waals surface area (Å²) in [7, 11) is 1.49. The maximum atomic E-state index is 11.8. The highest BCUT2D eigenvalue weighted by Crippen LogP contribution is 2.05. The van der Waals surface area contributed by atoms with Gasteiger partial charge in [-0.25, -0.2) is 4.79 Å². The maximum Gasteiger partial charge on any atom is 0.341 e. The second kappa shape index (κ2) is 10.0. The number of nitrogens with zero attached hydrogens (tertiary/aromatic N) is 3. The summed E-state index contributed by atoms with van der Waals surface area (Å²) in [6, 6.07) is 8.36. The zero-order valence-electron chi connectivity index (χ0n) is 13.6. The van der Waals surface area contributed by atoms with E-state index in [0.717, 1.165) is 0 Å². The van der Waals surface area contributed by atoms with E-state index in [1.54, 1.807) is 30.3 Å². The molecule has 1 rings (SSSR count). The van der Waals surface area contributed by atoms with E-state index in [0.29, 0.717) is 24.9 Å². The second-order valence-corrected chi connectivity index (χ2v) is 5.01. The van der Waals surface area contributed by atoms with Crippen LogP contribution < -0.4 is 0 Å². The summed E-state index contributed by atoms with van der Waals surface area (Å²) < 4.78 is 4.99. The van der Waals surface area contributed by atoms with Crippen molar-refractivity contribution in [1.82, 2.24) is 5.01 Å². The number of esters is 1. The lowest BCUT2D eigenvalue weighted by molar-refractivity contribution is -0.707. The smallest absolute Gasteiger partial charge is 0.341 e. The van der Waals surface area contributed by atoms with E-state index < -0.39 is 18.2 Å². The van der Waals surface area contributed by atoms with E-state index >= 15 is 0 Å². The molecule has 0 saturated carbocycles. The lowest BCUT2D eigenvalue weighted by Gasteiger charge is -2.14. The number of carbonyl (C=O) groups is 2. The van der Waals surface area contributed by atoms with Gasteiger partial charge in [-0.05, 0) is 25.0 Å². The highest BCUT2D eigenvalue weighted by atomic mass is 16.8. The van der Waals surface area contributed by atoms with Crippen LogP contribution in [0.2, 0.25) is 0 Å². The third kappa shape index (κ3) is 7.43. The molecule has 0 aliphatic carbocycles. The topological polar surface area (TPSA) is 114 Å². The molecule has 1 aromatic rings. The molecule has 1 atom stereocenters. The minimum atomic E-state index is -1.03. The Morgan fingerprint density at radius 2 is 2.00 bits per heavy atom. The Hall–Kier alpha value is -2.84. The van der Waals surface area contributed by atoms with Gasteiger partial charge in [-0.2, -0.15) is 0 Å². The van der Waals surface area contributed by atoms with Crippen LogP contribution in [-0.2, 0) is 14.4 Å². The highest BCUT2D eigenvalue weighted by molar-refractivity contribution is 5.89. The summed E-state index contributed by atoms with van der Waals surface area (Å²) in [5, 5.41) is 24.7. The van der Waals surface area contributed by atoms with Gasteiger partial charge in [0, 0.05) is 13.3 Å². The monoisotopic (exact) mass is 339 g/mol. The molecule has 9 heteroatoms. The van der Waals surface area contributed by atoms with Crippen molar-refractivity contribution in [3.63, 3.8) is 0 Å². The van der Waals surface area contributed by atoms with E-state index in [9.17, 15) is 14.8 Å².